The lowest BCUT2D eigenvalue weighted by Crippen LogP contribution is -2.46. The molecule has 12 nitrogen and oxygen atoms in total. The number of carbonyl (C=O) groups excluding carboxylic acids is 1. The van der Waals surface area contributed by atoms with Gasteiger partial charge in [-0.25, -0.2) is 4.79 Å². The molecule has 3 aromatic rings. The van der Waals surface area contributed by atoms with E-state index in [1.165, 1.54) is 0 Å². The number of hydrogen-bond acceptors (Lipinski definition) is 9. The smallest absolute Gasteiger partial charge is 0.347 e. The SMILES string of the molecule is CCn1c(=O)c(-c2noc(C(=O)NCCN3CCN(C)CC3)n2)nn(-c2ccccc2)c1=O. The van der Waals surface area contributed by atoms with Gasteiger partial charge in [-0.15, -0.1) is 0 Å². The van der Waals surface area contributed by atoms with Crippen LogP contribution in [0.4, 0.5) is 0 Å². The van der Waals surface area contributed by atoms with Crippen molar-refractivity contribution in [3.63, 3.8) is 0 Å². The van der Waals surface area contributed by atoms with E-state index in [0.29, 0.717) is 18.8 Å². The van der Waals surface area contributed by atoms with E-state index in [1.807, 2.05) is 0 Å². The summed E-state index contributed by atoms with van der Waals surface area (Å²) in [5, 5.41) is 10.7. The van der Waals surface area contributed by atoms with Gasteiger partial charge in [0, 0.05) is 45.8 Å². The Balaban J connectivity index is 1.52. The zero-order chi connectivity index (χ0) is 23.4. The molecule has 174 valence electrons. The standard InChI is InChI=1S/C21H26N8O4/c1-3-28-20(31)16(24-29(21(28)32)15-7-5-4-6-8-15)17-23-19(33-25-17)18(30)22-9-10-27-13-11-26(2)12-14-27/h4-8H,3,9-14H2,1-2H3,(H,22,30). The number of piperazine rings is 1. The monoisotopic (exact) mass is 454 g/mol. The predicted octanol–water partition coefficient (Wildman–Crippen LogP) is -0.559. The number of para-hydroxylation sites is 1. The summed E-state index contributed by atoms with van der Waals surface area (Å²) in [4.78, 5) is 46.5. The minimum absolute atomic E-state index is 0.136. The van der Waals surface area contributed by atoms with Crippen molar-refractivity contribution < 1.29 is 9.32 Å². The van der Waals surface area contributed by atoms with Gasteiger partial charge in [0.25, 0.3) is 5.56 Å². The van der Waals surface area contributed by atoms with Gasteiger partial charge in [-0.3, -0.25) is 19.1 Å². The van der Waals surface area contributed by atoms with E-state index in [4.69, 9.17) is 4.52 Å². The summed E-state index contributed by atoms with van der Waals surface area (Å²) < 4.78 is 7.21. The van der Waals surface area contributed by atoms with Crippen LogP contribution in [0.3, 0.4) is 0 Å². The lowest BCUT2D eigenvalue weighted by atomic mass is 10.3. The third-order valence-electron chi connectivity index (χ3n) is 5.52. The van der Waals surface area contributed by atoms with Gasteiger partial charge in [0.05, 0.1) is 5.69 Å². The summed E-state index contributed by atoms with van der Waals surface area (Å²) in [5.41, 5.74) is -0.933. The maximum absolute atomic E-state index is 12.8. The fourth-order valence-corrected chi connectivity index (χ4v) is 3.56. The van der Waals surface area contributed by atoms with Gasteiger partial charge in [0.2, 0.25) is 5.82 Å². The average Bonchev–Trinajstić information content (AvgIpc) is 3.31. The first kappa shape index (κ1) is 22.6. The third kappa shape index (κ3) is 4.91. The number of likely N-dealkylation sites (N-methyl/N-ethyl adjacent to an activating group) is 1. The van der Waals surface area contributed by atoms with Crippen LogP contribution < -0.4 is 16.6 Å². The van der Waals surface area contributed by atoms with E-state index in [1.54, 1.807) is 37.3 Å². The Labute approximate surface area is 189 Å². The van der Waals surface area contributed by atoms with Gasteiger partial charge in [-0.2, -0.15) is 14.8 Å². The molecule has 3 heterocycles. The number of amides is 1. The van der Waals surface area contributed by atoms with Gasteiger partial charge in [-0.05, 0) is 26.1 Å². The Morgan fingerprint density at radius 3 is 2.55 bits per heavy atom. The summed E-state index contributed by atoms with van der Waals surface area (Å²) in [6.07, 6.45) is 0. The van der Waals surface area contributed by atoms with E-state index in [0.717, 1.165) is 35.4 Å². The zero-order valence-electron chi connectivity index (χ0n) is 18.6. The van der Waals surface area contributed by atoms with Crippen LogP contribution in [0.5, 0.6) is 0 Å². The quantitative estimate of drug-likeness (QED) is 0.499. The molecule has 12 heteroatoms. The minimum Gasteiger partial charge on any atom is -0.347 e. The lowest BCUT2D eigenvalue weighted by Gasteiger charge is -2.32. The van der Waals surface area contributed by atoms with Crippen LogP contribution in [-0.4, -0.2) is 86.5 Å². The largest absolute Gasteiger partial charge is 0.352 e. The molecule has 0 spiro atoms. The molecule has 1 amide bonds. The van der Waals surface area contributed by atoms with Crippen molar-refractivity contribution in [2.24, 2.45) is 0 Å². The second-order valence-electron chi connectivity index (χ2n) is 7.75. The molecule has 1 N–H and O–H groups in total. The highest BCUT2D eigenvalue weighted by Gasteiger charge is 2.22. The molecule has 1 aromatic carbocycles. The number of aromatic nitrogens is 5. The third-order valence-corrected chi connectivity index (χ3v) is 5.52. The summed E-state index contributed by atoms with van der Waals surface area (Å²) in [6.45, 7) is 6.84. The van der Waals surface area contributed by atoms with Crippen LogP contribution in [0.25, 0.3) is 17.2 Å². The predicted molar refractivity (Wildman–Crippen MR) is 119 cm³/mol. The van der Waals surface area contributed by atoms with Crippen LogP contribution >= 0.6 is 0 Å². The number of benzene rings is 1. The highest BCUT2D eigenvalue weighted by molar-refractivity contribution is 5.89. The lowest BCUT2D eigenvalue weighted by molar-refractivity contribution is 0.0897. The Bertz CT molecular complexity index is 1230. The van der Waals surface area contributed by atoms with E-state index in [9.17, 15) is 14.4 Å². The number of rotatable bonds is 7. The van der Waals surface area contributed by atoms with Crippen molar-refractivity contribution in [2.75, 3.05) is 46.3 Å². The highest BCUT2D eigenvalue weighted by Crippen LogP contribution is 2.10. The van der Waals surface area contributed by atoms with Gasteiger partial charge in [0.15, 0.2) is 5.69 Å². The first-order chi connectivity index (χ1) is 16.0. The molecular formula is C21H26N8O4. The van der Waals surface area contributed by atoms with Crippen molar-refractivity contribution in [3.8, 4) is 17.2 Å². The molecular weight excluding hydrogens is 428 g/mol. The molecule has 1 aliphatic rings. The molecule has 0 saturated carbocycles. The molecule has 2 aromatic heterocycles. The fourth-order valence-electron chi connectivity index (χ4n) is 3.56. The molecule has 1 aliphatic heterocycles. The highest BCUT2D eigenvalue weighted by atomic mass is 16.5. The molecule has 33 heavy (non-hydrogen) atoms. The van der Waals surface area contributed by atoms with Crippen LogP contribution in [-0.2, 0) is 6.54 Å². The molecule has 0 unspecified atom stereocenters. The fraction of sp³-hybridized carbons (Fsp3) is 0.429. The summed E-state index contributed by atoms with van der Waals surface area (Å²) in [5.74, 6) is -0.962. The number of carbonyl (C=O) groups is 1. The average molecular weight is 454 g/mol. The Kier molecular flexibility index (Phi) is 6.75. The van der Waals surface area contributed by atoms with Gasteiger partial charge < -0.3 is 14.7 Å². The van der Waals surface area contributed by atoms with E-state index in [2.05, 4.69) is 37.4 Å². The summed E-state index contributed by atoms with van der Waals surface area (Å²) in [6, 6.07) is 8.70. The zero-order valence-corrected chi connectivity index (χ0v) is 18.6. The Hall–Kier alpha value is -3.64. The van der Waals surface area contributed by atoms with Crippen molar-refractivity contribution in [1.82, 2.24) is 39.6 Å². The van der Waals surface area contributed by atoms with Crippen LogP contribution in [0.2, 0.25) is 0 Å². The molecule has 0 atom stereocenters. The maximum Gasteiger partial charge on any atom is 0.352 e. The van der Waals surface area contributed by atoms with E-state index in [-0.39, 0.29) is 24.0 Å². The van der Waals surface area contributed by atoms with Gasteiger partial charge >= 0.3 is 17.5 Å². The Morgan fingerprint density at radius 2 is 1.85 bits per heavy atom. The normalized spacial score (nSPS) is 15.0. The summed E-state index contributed by atoms with van der Waals surface area (Å²) >= 11 is 0. The van der Waals surface area contributed by atoms with Crippen molar-refractivity contribution in [2.45, 2.75) is 13.5 Å². The van der Waals surface area contributed by atoms with Crippen LogP contribution in [0.15, 0.2) is 44.4 Å². The molecule has 0 bridgehead atoms. The van der Waals surface area contributed by atoms with Crippen LogP contribution in [0, 0.1) is 0 Å². The number of nitrogens with one attached hydrogen (secondary N) is 1. The van der Waals surface area contributed by atoms with Crippen molar-refractivity contribution >= 4 is 5.91 Å². The molecule has 1 saturated heterocycles. The van der Waals surface area contributed by atoms with Gasteiger partial charge in [0.1, 0.15) is 0 Å². The number of nitrogens with zero attached hydrogens (tertiary/aromatic N) is 7. The number of hydrogen-bond donors (Lipinski definition) is 1. The second-order valence-corrected chi connectivity index (χ2v) is 7.75. The molecule has 1 fully saturated rings. The van der Waals surface area contributed by atoms with Crippen molar-refractivity contribution in [3.05, 3.63) is 57.1 Å². The second kappa shape index (κ2) is 9.88. The minimum atomic E-state index is -0.655. The van der Waals surface area contributed by atoms with Crippen molar-refractivity contribution in [1.29, 1.82) is 0 Å². The topological polar surface area (TPSA) is 131 Å². The van der Waals surface area contributed by atoms with E-state index < -0.39 is 17.2 Å². The first-order valence-corrected chi connectivity index (χ1v) is 10.8. The molecule has 0 aliphatic carbocycles. The summed E-state index contributed by atoms with van der Waals surface area (Å²) in [7, 11) is 2.09. The Morgan fingerprint density at radius 1 is 1.12 bits per heavy atom. The molecule has 0 radical (unpaired) electrons. The first-order valence-electron chi connectivity index (χ1n) is 10.8. The molecule has 4 rings (SSSR count). The van der Waals surface area contributed by atoms with E-state index >= 15 is 0 Å². The maximum atomic E-state index is 12.8. The van der Waals surface area contributed by atoms with Gasteiger partial charge in [-0.1, -0.05) is 23.4 Å². The van der Waals surface area contributed by atoms with Crippen LogP contribution in [0.1, 0.15) is 17.6 Å².